The third-order valence-corrected chi connectivity index (χ3v) is 6.40. The predicted octanol–water partition coefficient (Wildman–Crippen LogP) is 8.96. The van der Waals surface area contributed by atoms with E-state index in [-0.39, 0.29) is 17.9 Å². The number of aryl methyl sites for hydroxylation is 2. The number of allylic oxidation sites excluding steroid dienone is 1. The molecule has 2 aromatic rings. The van der Waals surface area contributed by atoms with Gasteiger partial charge in [-0.05, 0) is 89.6 Å². The van der Waals surface area contributed by atoms with E-state index in [1.807, 2.05) is 72.7 Å². The first-order valence-electron chi connectivity index (χ1n) is 14.4. The van der Waals surface area contributed by atoms with Crippen molar-refractivity contribution in [1.82, 2.24) is 0 Å². The molecule has 0 unspecified atom stereocenters. The van der Waals surface area contributed by atoms with Gasteiger partial charge in [0.15, 0.2) is 5.78 Å². The van der Waals surface area contributed by atoms with Crippen molar-refractivity contribution >= 4 is 17.8 Å². The molecule has 0 aromatic heterocycles. The molecule has 0 saturated carbocycles. The van der Waals surface area contributed by atoms with Gasteiger partial charge in [0, 0.05) is 16.7 Å². The Kier molecular flexibility index (Phi) is 12.3. The van der Waals surface area contributed by atoms with Crippen LogP contribution >= 0.6 is 0 Å². The number of carbonyl (C=O) groups is 2. The van der Waals surface area contributed by atoms with Crippen LogP contribution in [0.5, 0.6) is 5.75 Å². The molecule has 0 N–H and O–H groups in total. The lowest BCUT2D eigenvalue weighted by molar-refractivity contribution is 0.00663. The summed E-state index contributed by atoms with van der Waals surface area (Å²) in [4.78, 5) is 26.2. The van der Waals surface area contributed by atoms with E-state index < -0.39 is 5.60 Å². The van der Waals surface area contributed by atoms with Crippen molar-refractivity contribution in [3.8, 4) is 5.75 Å². The van der Waals surface area contributed by atoms with E-state index in [4.69, 9.17) is 9.47 Å². The topological polar surface area (TPSA) is 52.6 Å². The molecule has 208 valence electrons. The molecule has 4 nitrogen and oxygen atoms in total. The lowest BCUT2D eigenvalue weighted by Crippen LogP contribution is -2.26. The highest BCUT2D eigenvalue weighted by atomic mass is 16.6. The summed E-state index contributed by atoms with van der Waals surface area (Å²) >= 11 is 0. The molecule has 0 amide bonds. The van der Waals surface area contributed by atoms with Crippen LogP contribution in [0.2, 0.25) is 0 Å². The molecule has 2 rings (SSSR count). The van der Waals surface area contributed by atoms with Crippen molar-refractivity contribution in [3.05, 3.63) is 69.8 Å². The predicted molar refractivity (Wildman–Crippen MR) is 158 cm³/mol. The Labute approximate surface area is 230 Å². The van der Waals surface area contributed by atoms with Crippen molar-refractivity contribution in [1.29, 1.82) is 0 Å². The summed E-state index contributed by atoms with van der Waals surface area (Å²) in [5, 5.41) is 0. The number of hydrogen-bond donors (Lipinski definition) is 0. The van der Waals surface area contributed by atoms with Gasteiger partial charge < -0.3 is 9.47 Å². The SMILES string of the molecule is CCCCCCCc1ccc(C(=O)/C=C/c2cc(CC)c(C(=O)OC(C)(C)C)c(CC)c2OC(C)C)cc1. The van der Waals surface area contributed by atoms with Gasteiger partial charge in [0.1, 0.15) is 11.4 Å². The summed E-state index contributed by atoms with van der Waals surface area (Å²) in [7, 11) is 0. The standard InChI is InChI=1S/C34H48O4/c1-9-12-13-14-15-16-25-17-19-27(20-18-25)30(35)22-21-28-23-26(10-2)31(33(36)38-34(6,7)8)29(11-3)32(28)37-24(4)5/h17-24H,9-16H2,1-8H3/b22-21+. The molecule has 0 spiro atoms. The van der Waals surface area contributed by atoms with Crippen LogP contribution in [-0.2, 0) is 24.0 Å². The van der Waals surface area contributed by atoms with Gasteiger partial charge in [0.25, 0.3) is 0 Å². The zero-order valence-corrected chi connectivity index (χ0v) is 24.9. The van der Waals surface area contributed by atoms with Gasteiger partial charge in [0.2, 0.25) is 0 Å². The number of rotatable bonds is 14. The Balaban J connectivity index is 2.34. The average Bonchev–Trinajstić information content (AvgIpc) is 2.86. The molecule has 0 saturated heterocycles. The van der Waals surface area contributed by atoms with Crippen molar-refractivity contribution in [2.75, 3.05) is 0 Å². The van der Waals surface area contributed by atoms with Crippen molar-refractivity contribution in [2.45, 2.75) is 118 Å². The summed E-state index contributed by atoms with van der Waals surface area (Å²) in [6.07, 6.45) is 11.9. The van der Waals surface area contributed by atoms with E-state index in [1.54, 1.807) is 6.08 Å². The van der Waals surface area contributed by atoms with Crippen LogP contribution in [0.3, 0.4) is 0 Å². The Bertz CT molecular complexity index is 1080. The van der Waals surface area contributed by atoms with Crippen molar-refractivity contribution < 1.29 is 19.1 Å². The van der Waals surface area contributed by atoms with E-state index in [2.05, 4.69) is 19.1 Å². The maximum absolute atomic E-state index is 13.2. The first-order valence-corrected chi connectivity index (χ1v) is 14.4. The lowest BCUT2D eigenvalue weighted by atomic mass is 9.92. The summed E-state index contributed by atoms with van der Waals surface area (Å²) in [6, 6.07) is 9.92. The van der Waals surface area contributed by atoms with E-state index in [0.717, 1.165) is 23.1 Å². The maximum atomic E-state index is 13.2. The molecule has 0 aliphatic carbocycles. The molecule has 2 aromatic carbocycles. The van der Waals surface area contributed by atoms with Gasteiger partial charge >= 0.3 is 5.97 Å². The summed E-state index contributed by atoms with van der Waals surface area (Å²) in [6.45, 7) is 15.8. The van der Waals surface area contributed by atoms with E-state index in [0.29, 0.717) is 29.7 Å². The Morgan fingerprint density at radius 3 is 2.13 bits per heavy atom. The first kappa shape index (κ1) is 31.3. The number of hydrogen-bond acceptors (Lipinski definition) is 4. The number of ketones is 1. The molecule has 0 radical (unpaired) electrons. The molecule has 0 bridgehead atoms. The second-order valence-corrected chi connectivity index (χ2v) is 11.2. The first-order chi connectivity index (χ1) is 18.0. The Morgan fingerprint density at radius 2 is 1.58 bits per heavy atom. The quantitative estimate of drug-likeness (QED) is 0.108. The van der Waals surface area contributed by atoms with Crippen LogP contribution in [0.15, 0.2) is 36.4 Å². The number of benzene rings is 2. The average molecular weight is 521 g/mol. The molecular weight excluding hydrogens is 472 g/mol. The Hall–Kier alpha value is -2.88. The summed E-state index contributed by atoms with van der Waals surface area (Å²) in [5.41, 5.74) is 4.44. The number of unbranched alkanes of at least 4 members (excludes halogenated alkanes) is 4. The fraction of sp³-hybridized carbons (Fsp3) is 0.529. The largest absolute Gasteiger partial charge is 0.490 e. The Morgan fingerprint density at radius 1 is 0.921 bits per heavy atom. The van der Waals surface area contributed by atoms with Gasteiger partial charge in [-0.1, -0.05) is 70.7 Å². The van der Waals surface area contributed by atoms with E-state index in [9.17, 15) is 9.59 Å². The van der Waals surface area contributed by atoms with E-state index in [1.165, 1.54) is 37.7 Å². The smallest absolute Gasteiger partial charge is 0.339 e. The van der Waals surface area contributed by atoms with Crippen LogP contribution in [0.4, 0.5) is 0 Å². The van der Waals surface area contributed by atoms with Gasteiger partial charge in [-0.2, -0.15) is 0 Å². The molecule has 0 heterocycles. The van der Waals surface area contributed by atoms with Crippen LogP contribution in [0, 0.1) is 0 Å². The minimum Gasteiger partial charge on any atom is -0.490 e. The highest BCUT2D eigenvalue weighted by Crippen LogP contribution is 2.34. The molecule has 38 heavy (non-hydrogen) atoms. The fourth-order valence-electron chi connectivity index (χ4n) is 4.54. The van der Waals surface area contributed by atoms with E-state index >= 15 is 0 Å². The zero-order chi connectivity index (χ0) is 28.3. The molecule has 0 fully saturated rings. The molecule has 4 heteroatoms. The highest BCUT2D eigenvalue weighted by molar-refractivity contribution is 6.07. The minimum absolute atomic E-state index is 0.0534. The van der Waals surface area contributed by atoms with Gasteiger partial charge in [0.05, 0.1) is 11.7 Å². The third kappa shape index (κ3) is 9.45. The van der Waals surface area contributed by atoms with Crippen LogP contribution in [-0.4, -0.2) is 23.5 Å². The molecule has 0 aliphatic rings. The lowest BCUT2D eigenvalue weighted by Gasteiger charge is -2.25. The normalized spacial score (nSPS) is 11.8. The van der Waals surface area contributed by atoms with Gasteiger partial charge in [-0.3, -0.25) is 4.79 Å². The highest BCUT2D eigenvalue weighted by Gasteiger charge is 2.26. The molecule has 0 atom stereocenters. The molecular formula is C34H48O4. The fourth-order valence-corrected chi connectivity index (χ4v) is 4.54. The van der Waals surface area contributed by atoms with Crippen molar-refractivity contribution in [2.24, 2.45) is 0 Å². The second kappa shape index (κ2) is 14.9. The summed E-state index contributed by atoms with van der Waals surface area (Å²) in [5.74, 6) is 0.252. The number of carbonyl (C=O) groups excluding carboxylic acids is 2. The van der Waals surface area contributed by atoms with Gasteiger partial charge in [-0.15, -0.1) is 0 Å². The minimum atomic E-state index is -0.595. The van der Waals surface area contributed by atoms with Crippen molar-refractivity contribution in [3.63, 3.8) is 0 Å². The van der Waals surface area contributed by atoms with Crippen LogP contribution < -0.4 is 4.74 Å². The zero-order valence-electron chi connectivity index (χ0n) is 24.9. The molecule has 0 aliphatic heterocycles. The monoisotopic (exact) mass is 520 g/mol. The number of ether oxygens (including phenoxy) is 2. The third-order valence-electron chi connectivity index (χ3n) is 6.40. The van der Waals surface area contributed by atoms with Crippen LogP contribution in [0.25, 0.3) is 6.08 Å². The van der Waals surface area contributed by atoms with Crippen LogP contribution in [0.1, 0.15) is 130 Å². The maximum Gasteiger partial charge on any atom is 0.339 e. The number of esters is 1. The second-order valence-electron chi connectivity index (χ2n) is 11.2. The van der Waals surface area contributed by atoms with Gasteiger partial charge in [-0.25, -0.2) is 4.79 Å². The summed E-state index contributed by atoms with van der Waals surface area (Å²) < 4.78 is 12.0.